The molecule has 1 aliphatic rings. The molecule has 0 saturated carbocycles. The molecule has 0 saturated heterocycles. The zero-order chi connectivity index (χ0) is 37.8. The van der Waals surface area contributed by atoms with E-state index in [1.807, 2.05) is 0 Å². The van der Waals surface area contributed by atoms with Gasteiger partial charge in [0.15, 0.2) is 5.58 Å². The van der Waals surface area contributed by atoms with Crippen molar-refractivity contribution in [3.63, 3.8) is 0 Å². The fourth-order valence-electron chi connectivity index (χ4n) is 9.30. The summed E-state index contributed by atoms with van der Waals surface area (Å²) >= 11 is 0. The van der Waals surface area contributed by atoms with E-state index in [9.17, 15) is 0 Å². The van der Waals surface area contributed by atoms with E-state index in [2.05, 4.69) is 229 Å². The summed E-state index contributed by atoms with van der Waals surface area (Å²) in [7, 11) is 0. The lowest BCUT2D eigenvalue weighted by Gasteiger charge is -2.34. The summed E-state index contributed by atoms with van der Waals surface area (Å²) in [5.41, 5.74) is 16.5. The molecule has 0 atom stereocenters. The van der Waals surface area contributed by atoms with E-state index < -0.39 is 5.41 Å². The topological polar surface area (TPSA) is 16.4 Å². The molecule has 0 unspecified atom stereocenters. The molecule has 1 aliphatic carbocycles. The summed E-state index contributed by atoms with van der Waals surface area (Å²) in [6.45, 7) is 0. The molecule has 0 fully saturated rings. The minimum atomic E-state index is -0.555. The monoisotopic (exact) mass is 727 g/mol. The molecule has 57 heavy (non-hydrogen) atoms. The molecular weight excluding hydrogens is 691 g/mol. The van der Waals surface area contributed by atoms with Crippen LogP contribution in [0.1, 0.15) is 22.3 Å². The zero-order valence-electron chi connectivity index (χ0n) is 31.2. The summed E-state index contributed by atoms with van der Waals surface area (Å²) in [4.78, 5) is 2.33. The molecule has 0 N–H and O–H groups in total. The Morgan fingerprint density at radius 2 is 0.807 bits per heavy atom. The third kappa shape index (κ3) is 5.18. The van der Waals surface area contributed by atoms with Crippen molar-refractivity contribution in [2.24, 2.45) is 0 Å². The normalized spacial score (nSPS) is 12.7. The van der Waals surface area contributed by atoms with E-state index in [0.717, 1.165) is 39.0 Å². The van der Waals surface area contributed by atoms with E-state index >= 15 is 0 Å². The van der Waals surface area contributed by atoms with Crippen molar-refractivity contribution < 1.29 is 4.42 Å². The van der Waals surface area contributed by atoms with Gasteiger partial charge in [-0.25, -0.2) is 0 Å². The molecule has 0 spiro atoms. The minimum Gasteiger partial charge on any atom is -0.454 e. The number of hydrogen-bond acceptors (Lipinski definition) is 2. The lowest BCUT2D eigenvalue weighted by atomic mass is 9.66. The molecule has 1 aromatic heterocycles. The Morgan fingerprint density at radius 3 is 1.37 bits per heavy atom. The molecular formula is C55H37NO. The number of nitrogens with zero attached hydrogens (tertiary/aromatic N) is 1. The first-order valence-corrected chi connectivity index (χ1v) is 19.6. The van der Waals surface area contributed by atoms with E-state index in [1.165, 1.54) is 55.6 Å². The van der Waals surface area contributed by atoms with Crippen molar-refractivity contribution in [3.8, 4) is 33.4 Å². The fourth-order valence-corrected chi connectivity index (χ4v) is 9.30. The van der Waals surface area contributed by atoms with Gasteiger partial charge in [-0.1, -0.05) is 188 Å². The third-order valence-corrected chi connectivity index (χ3v) is 11.8. The van der Waals surface area contributed by atoms with Gasteiger partial charge in [0, 0.05) is 22.1 Å². The van der Waals surface area contributed by atoms with E-state index in [-0.39, 0.29) is 0 Å². The highest BCUT2D eigenvalue weighted by Crippen LogP contribution is 2.58. The van der Waals surface area contributed by atoms with Gasteiger partial charge in [0.1, 0.15) is 5.58 Å². The molecule has 0 amide bonds. The Hall–Kier alpha value is -7.42. The van der Waals surface area contributed by atoms with Gasteiger partial charge in [0.05, 0.1) is 11.1 Å². The van der Waals surface area contributed by atoms with Crippen molar-refractivity contribution in [2.45, 2.75) is 5.41 Å². The minimum absolute atomic E-state index is 0.555. The van der Waals surface area contributed by atoms with Gasteiger partial charge in [-0.3, -0.25) is 0 Å². The van der Waals surface area contributed by atoms with Crippen LogP contribution in [0.3, 0.4) is 0 Å². The second-order valence-electron chi connectivity index (χ2n) is 14.8. The number of furan rings is 1. The summed E-state index contributed by atoms with van der Waals surface area (Å²) < 4.78 is 7.11. The SMILES string of the molecule is c1ccc(-c2ccc(N(c3ccc(-c4ccccc4)cc3)c3cccc4c3oc3cccc(C5(c6ccccc6)c6ccccc6-c6ccccc65)c34)cc2)cc1. The number of benzene rings is 9. The van der Waals surface area contributed by atoms with Gasteiger partial charge < -0.3 is 9.32 Å². The number of anilines is 3. The Labute approximate surface area is 332 Å². The van der Waals surface area contributed by atoms with Crippen LogP contribution in [0.15, 0.2) is 229 Å². The Kier molecular flexibility index (Phi) is 7.75. The van der Waals surface area contributed by atoms with E-state index in [1.54, 1.807) is 0 Å². The van der Waals surface area contributed by atoms with Crippen LogP contribution in [-0.2, 0) is 5.41 Å². The summed E-state index contributed by atoms with van der Waals surface area (Å²) in [5.74, 6) is 0. The average Bonchev–Trinajstić information content (AvgIpc) is 3.83. The van der Waals surface area contributed by atoms with Gasteiger partial charge in [0.2, 0.25) is 0 Å². The van der Waals surface area contributed by atoms with Gasteiger partial charge in [-0.05, 0) is 92.0 Å². The predicted octanol–water partition coefficient (Wildman–Crippen LogP) is 14.8. The predicted molar refractivity (Wildman–Crippen MR) is 237 cm³/mol. The van der Waals surface area contributed by atoms with E-state index in [4.69, 9.17) is 4.42 Å². The fraction of sp³-hybridized carbons (Fsp3) is 0.0182. The summed E-state index contributed by atoms with van der Waals surface area (Å²) in [5, 5.41) is 2.21. The molecule has 9 aromatic carbocycles. The smallest absolute Gasteiger partial charge is 0.159 e. The average molecular weight is 728 g/mol. The van der Waals surface area contributed by atoms with Crippen molar-refractivity contribution in [2.75, 3.05) is 4.90 Å². The summed E-state index contributed by atoms with van der Waals surface area (Å²) in [6.07, 6.45) is 0. The van der Waals surface area contributed by atoms with E-state index in [0.29, 0.717) is 0 Å². The highest BCUT2D eigenvalue weighted by atomic mass is 16.3. The van der Waals surface area contributed by atoms with Crippen molar-refractivity contribution in [1.29, 1.82) is 0 Å². The highest BCUT2D eigenvalue weighted by Gasteiger charge is 2.47. The molecule has 2 nitrogen and oxygen atoms in total. The lowest BCUT2D eigenvalue weighted by Crippen LogP contribution is -2.28. The molecule has 1 heterocycles. The number of hydrogen-bond donors (Lipinski definition) is 0. The summed E-state index contributed by atoms with van der Waals surface area (Å²) in [6, 6.07) is 80.9. The van der Waals surface area contributed by atoms with Crippen LogP contribution in [0.25, 0.3) is 55.3 Å². The second kappa shape index (κ2) is 13.4. The molecule has 0 bridgehead atoms. The first kappa shape index (κ1) is 33.0. The zero-order valence-corrected chi connectivity index (χ0v) is 31.2. The largest absolute Gasteiger partial charge is 0.454 e. The molecule has 10 aromatic rings. The number of fused-ring (bicyclic) bond motifs is 6. The van der Waals surface area contributed by atoms with Crippen LogP contribution in [-0.4, -0.2) is 0 Å². The quantitative estimate of drug-likeness (QED) is 0.163. The number of para-hydroxylation sites is 1. The molecule has 0 radical (unpaired) electrons. The molecule has 268 valence electrons. The maximum atomic E-state index is 7.11. The Morgan fingerprint density at radius 1 is 0.351 bits per heavy atom. The first-order chi connectivity index (χ1) is 28.3. The Balaban J connectivity index is 1.15. The van der Waals surface area contributed by atoms with Crippen molar-refractivity contribution >= 4 is 39.0 Å². The van der Waals surface area contributed by atoms with Crippen LogP contribution in [0.5, 0.6) is 0 Å². The van der Waals surface area contributed by atoms with Crippen LogP contribution in [0.2, 0.25) is 0 Å². The van der Waals surface area contributed by atoms with Crippen LogP contribution >= 0.6 is 0 Å². The first-order valence-electron chi connectivity index (χ1n) is 19.6. The molecule has 2 heteroatoms. The van der Waals surface area contributed by atoms with Crippen molar-refractivity contribution in [3.05, 3.63) is 247 Å². The standard InChI is InChI=1S/C55H37NO/c1-4-16-38(17-5-1)40-30-34-43(35-31-40)56(44-36-32-41(33-37-44)39-18-6-2-7-19-39)51-28-14-24-47-53-50(27-15-29-52(53)57-54(47)51)55(42-20-8-3-9-21-42)48-25-12-10-22-45(48)46-23-11-13-26-49(46)55/h1-37H. The van der Waals surface area contributed by atoms with Gasteiger partial charge in [-0.2, -0.15) is 0 Å². The third-order valence-electron chi connectivity index (χ3n) is 11.8. The van der Waals surface area contributed by atoms with Gasteiger partial charge in [0.25, 0.3) is 0 Å². The highest BCUT2D eigenvalue weighted by molar-refractivity contribution is 6.13. The molecule has 0 aliphatic heterocycles. The van der Waals surface area contributed by atoms with Crippen LogP contribution in [0.4, 0.5) is 17.1 Å². The maximum absolute atomic E-state index is 7.11. The Bertz CT molecular complexity index is 2910. The molecule has 11 rings (SSSR count). The second-order valence-corrected chi connectivity index (χ2v) is 14.8. The van der Waals surface area contributed by atoms with Gasteiger partial charge in [-0.15, -0.1) is 0 Å². The lowest BCUT2D eigenvalue weighted by molar-refractivity contribution is 0.668. The van der Waals surface area contributed by atoms with Crippen LogP contribution in [0, 0.1) is 0 Å². The van der Waals surface area contributed by atoms with Crippen LogP contribution < -0.4 is 4.90 Å². The van der Waals surface area contributed by atoms with Gasteiger partial charge >= 0.3 is 0 Å². The van der Waals surface area contributed by atoms with Crippen molar-refractivity contribution in [1.82, 2.24) is 0 Å². The maximum Gasteiger partial charge on any atom is 0.159 e. The number of rotatable bonds is 7.